The van der Waals surface area contributed by atoms with Gasteiger partial charge in [0.15, 0.2) is 0 Å². The van der Waals surface area contributed by atoms with Gasteiger partial charge in [-0.1, -0.05) is 0 Å². The zero-order valence-corrected chi connectivity index (χ0v) is 9.02. The van der Waals surface area contributed by atoms with Gasteiger partial charge in [-0.2, -0.15) is 0 Å². The Balaban J connectivity index is 2.00. The Morgan fingerprint density at radius 3 is 1.17 bits per heavy atom. The SMILES string of the molecule is [O]1[Ge][O][Ge][O][Ge]1. The van der Waals surface area contributed by atoms with Crippen LogP contribution in [0.5, 0.6) is 0 Å². The van der Waals surface area contributed by atoms with Crippen LogP contribution in [0.4, 0.5) is 0 Å². The quantitative estimate of drug-likeness (QED) is 0.507. The first-order valence-electron chi connectivity index (χ1n) is 1.22. The van der Waals surface area contributed by atoms with E-state index < -0.39 is 48.3 Å². The molecule has 6 heavy (non-hydrogen) atoms. The van der Waals surface area contributed by atoms with E-state index in [-0.39, 0.29) is 0 Å². The van der Waals surface area contributed by atoms with Gasteiger partial charge in [0.1, 0.15) is 0 Å². The van der Waals surface area contributed by atoms with Crippen LogP contribution >= 0.6 is 0 Å². The van der Waals surface area contributed by atoms with Crippen LogP contribution in [0.25, 0.3) is 0 Å². The van der Waals surface area contributed by atoms with Crippen molar-refractivity contribution in [2.75, 3.05) is 0 Å². The van der Waals surface area contributed by atoms with E-state index in [1.165, 1.54) is 0 Å². The monoisotopic (exact) mass is 270 g/mol. The van der Waals surface area contributed by atoms with Gasteiger partial charge in [-0.15, -0.1) is 0 Å². The molecule has 30 valence electrons. The third-order valence-corrected chi connectivity index (χ3v) is 6.75. The van der Waals surface area contributed by atoms with E-state index >= 15 is 0 Å². The third kappa shape index (κ3) is 1.99. The van der Waals surface area contributed by atoms with Crippen LogP contribution < -0.4 is 0 Å². The molecule has 0 aliphatic carbocycles. The van der Waals surface area contributed by atoms with Crippen LogP contribution in [0.15, 0.2) is 0 Å². The van der Waals surface area contributed by atoms with E-state index in [1.807, 2.05) is 0 Å². The molecular formula is Ge3O3. The standard InChI is InChI=1S/Ge3O3/c1-4-2-6-3-5-1. The molecule has 6 radical (unpaired) electrons. The molecule has 1 aliphatic rings. The topological polar surface area (TPSA) is 27.7 Å². The Labute approximate surface area is 56.6 Å². The van der Waals surface area contributed by atoms with Crippen molar-refractivity contribution in [3.05, 3.63) is 0 Å². The number of rotatable bonds is 0. The molecule has 0 bridgehead atoms. The van der Waals surface area contributed by atoms with Gasteiger partial charge in [0.2, 0.25) is 0 Å². The first-order chi connectivity index (χ1) is 3.00. The van der Waals surface area contributed by atoms with Gasteiger partial charge in [-0.05, 0) is 0 Å². The van der Waals surface area contributed by atoms with Gasteiger partial charge >= 0.3 is 56.7 Å². The van der Waals surface area contributed by atoms with Crippen LogP contribution in [-0.2, 0) is 8.37 Å². The van der Waals surface area contributed by atoms with E-state index in [0.717, 1.165) is 0 Å². The van der Waals surface area contributed by atoms with Crippen molar-refractivity contribution in [2.24, 2.45) is 0 Å². The minimum absolute atomic E-state index is 0.406. The van der Waals surface area contributed by atoms with Crippen molar-refractivity contribution in [1.82, 2.24) is 0 Å². The van der Waals surface area contributed by atoms with Crippen LogP contribution in [0.1, 0.15) is 0 Å². The van der Waals surface area contributed by atoms with E-state index in [4.69, 9.17) is 8.37 Å². The molecule has 0 unspecified atom stereocenters. The first kappa shape index (κ1) is 5.64. The van der Waals surface area contributed by atoms with E-state index in [1.54, 1.807) is 0 Å². The molecule has 1 saturated heterocycles. The Morgan fingerprint density at radius 1 is 0.667 bits per heavy atom. The zero-order chi connectivity index (χ0) is 4.24. The number of hydrogen-bond donors (Lipinski definition) is 0. The summed E-state index contributed by atoms with van der Waals surface area (Å²) in [7, 11) is 0. The second-order valence-electron chi connectivity index (χ2n) is 0.556. The molecule has 0 spiro atoms. The first-order valence-corrected chi connectivity index (χ1v) is 6.36. The normalized spacial score (nSPS) is 24.0. The fraction of sp³-hybridized carbons (Fsp3) is 0. The molecule has 0 aromatic carbocycles. The van der Waals surface area contributed by atoms with Gasteiger partial charge in [0.25, 0.3) is 0 Å². The molecular weight excluding hydrogens is 266 g/mol. The predicted octanol–water partition coefficient (Wildman–Crippen LogP) is -1.35. The van der Waals surface area contributed by atoms with Crippen molar-refractivity contribution in [1.29, 1.82) is 0 Å². The molecule has 0 atom stereocenters. The second kappa shape index (κ2) is 3.50. The van der Waals surface area contributed by atoms with Crippen LogP contribution in [-0.4, -0.2) is 48.3 Å². The second-order valence-corrected chi connectivity index (χ2v) is 9.57. The summed E-state index contributed by atoms with van der Waals surface area (Å²) in [5.41, 5.74) is 0. The summed E-state index contributed by atoms with van der Waals surface area (Å²) in [5, 5.41) is 0. The molecule has 0 amide bonds. The summed E-state index contributed by atoms with van der Waals surface area (Å²) in [6.07, 6.45) is 0. The average molecular weight is 266 g/mol. The molecule has 1 heterocycles. The van der Waals surface area contributed by atoms with Gasteiger partial charge < -0.3 is 0 Å². The van der Waals surface area contributed by atoms with Crippen LogP contribution in [0.2, 0.25) is 0 Å². The third-order valence-electron chi connectivity index (χ3n) is 0.250. The van der Waals surface area contributed by atoms with E-state index in [0.29, 0.717) is 0 Å². The Morgan fingerprint density at radius 2 is 1.00 bits per heavy atom. The molecule has 0 N–H and O–H groups in total. The average Bonchev–Trinajstić information content (AvgIpc) is 1.72. The Kier molecular flexibility index (Phi) is 3.29. The van der Waals surface area contributed by atoms with E-state index in [2.05, 4.69) is 0 Å². The zero-order valence-electron chi connectivity index (χ0n) is 2.72. The molecule has 1 aliphatic heterocycles. The summed E-state index contributed by atoms with van der Waals surface area (Å²) in [6, 6.07) is 0. The van der Waals surface area contributed by atoms with Crippen molar-refractivity contribution in [3.8, 4) is 0 Å². The van der Waals surface area contributed by atoms with Gasteiger partial charge in [0, 0.05) is 0 Å². The van der Waals surface area contributed by atoms with Gasteiger partial charge in [-0.25, -0.2) is 0 Å². The molecule has 3 nitrogen and oxygen atoms in total. The summed E-state index contributed by atoms with van der Waals surface area (Å²) >= 11 is -1.22. The molecule has 1 fully saturated rings. The van der Waals surface area contributed by atoms with Gasteiger partial charge in [-0.3, -0.25) is 0 Å². The molecule has 0 saturated carbocycles. The maximum absolute atomic E-state index is 4.91. The molecule has 0 aromatic heterocycles. The molecule has 0 aromatic rings. The van der Waals surface area contributed by atoms with Gasteiger partial charge in [0.05, 0.1) is 0 Å². The van der Waals surface area contributed by atoms with E-state index in [9.17, 15) is 0 Å². The van der Waals surface area contributed by atoms with Crippen LogP contribution in [0, 0.1) is 0 Å². The van der Waals surface area contributed by atoms with Crippen LogP contribution in [0.3, 0.4) is 0 Å². The summed E-state index contributed by atoms with van der Waals surface area (Å²) < 4.78 is 14.7. The fourth-order valence-electron chi connectivity index (χ4n) is 0.114. The Bertz CT molecular complexity index is 21.5. The van der Waals surface area contributed by atoms with Crippen molar-refractivity contribution in [2.45, 2.75) is 0 Å². The number of hydrogen-bond acceptors (Lipinski definition) is 3. The summed E-state index contributed by atoms with van der Waals surface area (Å²) in [6.45, 7) is 0. The summed E-state index contributed by atoms with van der Waals surface area (Å²) in [4.78, 5) is 0. The Hall–Kier alpha value is 1.51. The van der Waals surface area contributed by atoms with Crippen molar-refractivity contribution < 1.29 is 8.37 Å². The summed E-state index contributed by atoms with van der Waals surface area (Å²) in [5.74, 6) is 0. The minimum atomic E-state index is -0.406. The van der Waals surface area contributed by atoms with Crippen molar-refractivity contribution in [3.63, 3.8) is 0 Å². The predicted molar refractivity (Wildman–Crippen MR) is 20.5 cm³/mol. The fourth-order valence-corrected chi connectivity index (χ4v) is 10.1. The van der Waals surface area contributed by atoms with Crippen molar-refractivity contribution >= 4 is 48.3 Å². The maximum atomic E-state index is 4.91. The molecule has 1 rings (SSSR count). The molecule has 6 heteroatoms.